The molecule has 5 heteroatoms. The summed E-state index contributed by atoms with van der Waals surface area (Å²) in [7, 11) is 1.32. The van der Waals surface area contributed by atoms with Gasteiger partial charge in [0.15, 0.2) is 0 Å². The van der Waals surface area contributed by atoms with Gasteiger partial charge in [-0.1, -0.05) is 27.7 Å². The van der Waals surface area contributed by atoms with Gasteiger partial charge in [0.05, 0.1) is 19.8 Å². The van der Waals surface area contributed by atoms with E-state index < -0.39 is 11.5 Å². The Balaban J connectivity index is 0. The molecule has 0 aliphatic carbocycles. The highest BCUT2D eigenvalue weighted by Crippen LogP contribution is 2.17. The van der Waals surface area contributed by atoms with Gasteiger partial charge in [0, 0.05) is 12.0 Å². The highest BCUT2D eigenvalue weighted by Gasteiger charge is 2.24. The van der Waals surface area contributed by atoms with Gasteiger partial charge in [-0.15, -0.1) is 0 Å². The third-order valence-electron chi connectivity index (χ3n) is 2.69. The van der Waals surface area contributed by atoms with Crippen LogP contribution >= 0.6 is 0 Å². The van der Waals surface area contributed by atoms with Crippen molar-refractivity contribution in [3.63, 3.8) is 0 Å². The van der Waals surface area contributed by atoms with Crippen molar-refractivity contribution < 1.29 is 19.1 Å². The molecule has 0 aromatic heterocycles. The molecule has 0 aliphatic heterocycles. The Kier molecular flexibility index (Phi) is 11.5. The van der Waals surface area contributed by atoms with Crippen molar-refractivity contribution in [3.05, 3.63) is 0 Å². The molecule has 0 spiro atoms. The highest BCUT2D eigenvalue weighted by atomic mass is 16.5. The van der Waals surface area contributed by atoms with Gasteiger partial charge in [0.25, 0.3) is 0 Å². The van der Waals surface area contributed by atoms with Gasteiger partial charge < -0.3 is 14.8 Å². The van der Waals surface area contributed by atoms with Crippen molar-refractivity contribution in [1.29, 1.82) is 0 Å². The number of ketones is 1. The van der Waals surface area contributed by atoms with Crippen LogP contribution in [0, 0.1) is 5.41 Å². The van der Waals surface area contributed by atoms with Gasteiger partial charge in [-0.2, -0.15) is 0 Å². The molecular formula is C14H29NO4. The van der Waals surface area contributed by atoms with Gasteiger partial charge in [0.1, 0.15) is 5.78 Å². The summed E-state index contributed by atoms with van der Waals surface area (Å²) >= 11 is 0. The Bertz CT molecular complexity index is 264. The van der Waals surface area contributed by atoms with Crippen molar-refractivity contribution >= 4 is 11.9 Å². The van der Waals surface area contributed by atoms with E-state index >= 15 is 0 Å². The van der Waals surface area contributed by atoms with Crippen LogP contribution in [0.3, 0.4) is 0 Å². The summed E-state index contributed by atoms with van der Waals surface area (Å²) in [5.74, 6) is 0.109. The molecular weight excluding hydrogens is 246 g/mol. The molecule has 114 valence electrons. The fraction of sp³-hybridized carbons (Fsp3) is 0.857. The standard InChI is InChI=1S/C12H23NO4.C2H6/c1-9(6-7-13-11(15)16-5)17-8-12(3,4)10(2)14;1-2/h9H,6-8H2,1-5H3,(H,13,15);1-2H3. The normalized spacial score (nSPS) is 11.9. The highest BCUT2D eigenvalue weighted by molar-refractivity contribution is 5.81. The van der Waals surface area contributed by atoms with Crippen molar-refractivity contribution in [3.8, 4) is 0 Å². The lowest BCUT2D eigenvalue weighted by molar-refractivity contribution is -0.129. The van der Waals surface area contributed by atoms with E-state index in [9.17, 15) is 9.59 Å². The summed E-state index contributed by atoms with van der Waals surface area (Å²) in [6.07, 6.45) is 0.232. The molecule has 0 aliphatic rings. The van der Waals surface area contributed by atoms with Crippen LogP contribution < -0.4 is 5.32 Å². The number of hydrogen-bond acceptors (Lipinski definition) is 4. The first-order valence-corrected chi connectivity index (χ1v) is 6.74. The van der Waals surface area contributed by atoms with Crippen molar-refractivity contribution in [2.24, 2.45) is 5.41 Å². The molecule has 0 saturated heterocycles. The zero-order chi connectivity index (χ0) is 15.5. The minimum absolute atomic E-state index is 0.00854. The molecule has 0 aromatic rings. The third-order valence-corrected chi connectivity index (χ3v) is 2.69. The van der Waals surface area contributed by atoms with Gasteiger partial charge in [-0.3, -0.25) is 4.79 Å². The molecule has 1 atom stereocenters. The van der Waals surface area contributed by atoms with Gasteiger partial charge >= 0.3 is 6.09 Å². The van der Waals surface area contributed by atoms with E-state index in [1.165, 1.54) is 7.11 Å². The maximum absolute atomic E-state index is 11.3. The molecule has 1 amide bonds. The van der Waals surface area contributed by atoms with E-state index in [-0.39, 0.29) is 11.9 Å². The number of hydrogen-bond donors (Lipinski definition) is 1. The SMILES string of the molecule is CC.COC(=O)NCCC(C)OCC(C)(C)C(C)=O. The van der Waals surface area contributed by atoms with Crippen molar-refractivity contribution in [2.75, 3.05) is 20.3 Å². The minimum Gasteiger partial charge on any atom is -0.453 e. The number of carbonyl (C=O) groups excluding carboxylic acids is 2. The number of alkyl carbamates (subject to hydrolysis) is 1. The number of nitrogens with one attached hydrogen (secondary N) is 1. The van der Waals surface area contributed by atoms with Crippen LogP contribution in [0.4, 0.5) is 4.79 Å². The van der Waals surface area contributed by atoms with E-state index in [0.29, 0.717) is 19.6 Å². The fourth-order valence-corrected chi connectivity index (χ4v) is 0.985. The van der Waals surface area contributed by atoms with Crippen LogP contribution in [-0.4, -0.2) is 38.2 Å². The van der Waals surface area contributed by atoms with Gasteiger partial charge in [-0.05, 0) is 20.3 Å². The van der Waals surface area contributed by atoms with E-state index in [2.05, 4.69) is 10.1 Å². The van der Waals surface area contributed by atoms with Crippen molar-refractivity contribution in [1.82, 2.24) is 5.32 Å². The molecule has 1 N–H and O–H groups in total. The summed E-state index contributed by atoms with van der Waals surface area (Å²) in [5.41, 5.74) is -0.454. The zero-order valence-electron chi connectivity index (χ0n) is 13.3. The summed E-state index contributed by atoms with van der Waals surface area (Å²) in [4.78, 5) is 22.0. The third kappa shape index (κ3) is 10.5. The van der Waals surface area contributed by atoms with E-state index in [1.807, 2.05) is 34.6 Å². The summed E-state index contributed by atoms with van der Waals surface area (Å²) in [6.45, 7) is 12.1. The van der Waals surface area contributed by atoms with Gasteiger partial charge in [-0.25, -0.2) is 4.79 Å². The number of methoxy groups -OCH3 is 1. The molecule has 0 saturated carbocycles. The Morgan fingerprint density at radius 2 is 1.79 bits per heavy atom. The molecule has 0 heterocycles. The molecule has 0 radical (unpaired) electrons. The first-order chi connectivity index (χ1) is 8.79. The lowest BCUT2D eigenvalue weighted by Gasteiger charge is -2.23. The molecule has 19 heavy (non-hydrogen) atoms. The fourth-order valence-electron chi connectivity index (χ4n) is 0.985. The monoisotopic (exact) mass is 275 g/mol. The molecule has 5 nitrogen and oxygen atoms in total. The molecule has 1 unspecified atom stereocenters. The number of rotatable bonds is 7. The zero-order valence-corrected chi connectivity index (χ0v) is 13.3. The van der Waals surface area contributed by atoms with Crippen LogP contribution in [0.15, 0.2) is 0 Å². The Hall–Kier alpha value is -1.10. The summed E-state index contributed by atoms with van der Waals surface area (Å²) in [6, 6.07) is 0. The Labute approximate surface area is 117 Å². The first-order valence-electron chi connectivity index (χ1n) is 6.74. The minimum atomic E-state index is -0.454. The maximum atomic E-state index is 11.3. The average molecular weight is 275 g/mol. The largest absolute Gasteiger partial charge is 0.453 e. The number of ether oxygens (including phenoxy) is 2. The number of carbonyl (C=O) groups is 2. The van der Waals surface area contributed by atoms with Gasteiger partial charge in [0.2, 0.25) is 0 Å². The lowest BCUT2D eigenvalue weighted by Crippen LogP contribution is -2.31. The van der Waals surface area contributed by atoms with Crippen molar-refractivity contribution in [2.45, 2.75) is 54.1 Å². The van der Waals surface area contributed by atoms with E-state index in [4.69, 9.17) is 4.74 Å². The Morgan fingerprint density at radius 3 is 2.21 bits per heavy atom. The Morgan fingerprint density at radius 1 is 1.26 bits per heavy atom. The van der Waals surface area contributed by atoms with Crippen LogP contribution in [0.25, 0.3) is 0 Å². The summed E-state index contributed by atoms with van der Waals surface area (Å²) < 4.78 is 10.0. The van der Waals surface area contributed by atoms with E-state index in [0.717, 1.165) is 0 Å². The molecule has 0 bridgehead atoms. The second-order valence-corrected chi connectivity index (χ2v) is 4.77. The molecule has 0 aromatic carbocycles. The predicted molar refractivity (Wildman–Crippen MR) is 76.2 cm³/mol. The predicted octanol–water partition coefficient (Wildman–Crippen LogP) is 2.78. The van der Waals surface area contributed by atoms with Crippen LogP contribution in [0.2, 0.25) is 0 Å². The molecule has 0 rings (SSSR count). The van der Waals surface area contributed by atoms with Crippen LogP contribution in [0.5, 0.6) is 0 Å². The maximum Gasteiger partial charge on any atom is 0.406 e. The number of amides is 1. The van der Waals surface area contributed by atoms with Crippen LogP contribution in [-0.2, 0) is 14.3 Å². The quantitative estimate of drug-likeness (QED) is 0.776. The summed E-state index contributed by atoms with van der Waals surface area (Å²) in [5, 5.41) is 2.58. The topological polar surface area (TPSA) is 64.6 Å². The molecule has 0 fully saturated rings. The second kappa shape index (κ2) is 10.8. The average Bonchev–Trinajstić information content (AvgIpc) is 2.38. The first kappa shape index (κ1) is 20.2. The second-order valence-electron chi connectivity index (χ2n) is 4.77. The smallest absolute Gasteiger partial charge is 0.406 e. The van der Waals surface area contributed by atoms with E-state index in [1.54, 1.807) is 6.92 Å². The van der Waals surface area contributed by atoms with Crippen LogP contribution in [0.1, 0.15) is 48.0 Å². The lowest BCUT2D eigenvalue weighted by atomic mass is 9.90. The number of Topliss-reactive ketones (excluding diaryl/α,β-unsaturated/α-hetero) is 1.